The molecule has 0 fully saturated rings. The van der Waals surface area contributed by atoms with Crippen molar-refractivity contribution in [1.82, 2.24) is 5.16 Å². The molecule has 0 bridgehead atoms. The smallest absolute Gasteiger partial charge is 0.268 e. The van der Waals surface area contributed by atoms with Crippen LogP contribution in [0.4, 0.5) is 5.82 Å². The number of aromatic nitrogens is 2. The predicted molar refractivity (Wildman–Crippen MR) is 75.9 cm³/mol. The lowest BCUT2D eigenvalue weighted by Gasteiger charge is -2.07. The summed E-state index contributed by atoms with van der Waals surface area (Å²) < 4.78 is 33.7. The molecule has 0 atom stereocenters. The lowest BCUT2D eigenvalue weighted by Crippen LogP contribution is -2.51. The summed E-state index contributed by atoms with van der Waals surface area (Å²) in [5.41, 5.74) is 0.566. The Kier molecular flexibility index (Phi) is 4.05. The number of pyridine rings is 1. The zero-order valence-electron chi connectivity index (χ0n) is 11.2. The molecular formula is C11H13BClN3O3S+. The zero-order valence-corrected chi connectivity index (χ0v) is 12.8. The number of aryl methyl sites for hydroxylation is 2. The topological polar surface area (TPSA) is 76.1 Å². The second-order valence-corrected chi connectivity index (χ2v) is 6.19. The van der Waals surface area contributed by atoms with E-state index in [0.717, 1.165) is 0 Å². The van der Waals surface area contributed by atoms with E-state index in [0.29, 0.717) is 11.4 Å². The molecule has 6 nitrogen and oxygen atoms in total. The molecule has 1 radical (unpaired) electrons. The summed E-state index contributed by atoms with van der Waals surface area (Å²) in [6, 6.07) is 3.16. The van der Waals surface area contributed by atoms with Gasteiger partial charge in [0.05, 0.1) is 0 Å². The monoisotopic (exact) mass is 313 g/mol. The third-order valence-corrected chi connectivity index (χ3v) is 4.61. The lowest BCUT2D eigenvalue weighted by molar-refractivity contribution is -0.655. The van der Waals surface area contributed by atoms with Crippen molar-refractivity contribution in [2.24, 2.45) is 7.05 Å². The van der Waals surface area contributed by atoms with Gasteiger partial charge in [-0.1, -0.05) is 23.6 Å². The first kappa shape index (κ1) is 14.9. The van der Waals surface area contributed by atoms with Gasteiger partial charge in [0.15, 0.2) is 12.0 Å². The Morgan fingerprint density at radius 2 is 2.20 bits per heavy atom. The molecule has 9 heteroatoms. The van der Waals surface area contributed by atoms with Gasteiger partial charge in [-0.3, -0.25) is 4.72 Å². The highest BCUT2D eigenvalue weighted by atomic mass is 35.5. The van der Waals surface area contributed by atoms with E-state index in [-0.39, 0.29) is 15.7 Å². The number of anilines is 1. The Balaban J connectivity index is 2.46. The average Bonchev–Trinajstić information content (AvgIpc) is 2.70. The Morgan fingerprint density at radius 3 is 2.75 bits per heavy atom. The van der Waals surface area contributed by atoms with E-state index in [1.54, 1.807) is 44.9 Å². The van der Waals surface area contributed by atoms with Crippen molar-refractivity contribution in [3.8, 4) is 0 Å². The molecule has 0 spiro atoms. The van der Waals surface area contributed by atoms with Crippen molar-refractivity contribution in [2.45, 2.75) is 18.6 Å². The molecule has 0 aliphatic carbocycles. The first-order valence-corrected chi connectivity index (χ1v) is 7.65. The quantitative estimate of drug-likeness (QED) is 0.664. The fraction of sp³-hybridized carbons (Fsp3) is 0.273. The van der Waals surface area contributed by atoms with E-state index in [9.17, 15) is 8.42 Å². The molecule has 0 unspecified atom stereocenters. The van der Waals surface area contributed by atoms with Crippen LogP contribution in [0.5, 0.6) is 0 Å². The Labute approximate surface area is 123 Å². The minimum Gasteiger partial charge on any atom is -0.358 e. The highest BCUT2D eigenvalue weighted by Gasteiger charge is 2.26. The van der Waals surface area contributed by atoms with Crippen LogP contribution in [0, 0.1) is 6.92 Å². The third kappa shape index (κ3) is 2.66. The highest BCUT2D eigenvalue weighted by molar-refractivity contribution is 7.93. The number of hydrogen-bond donors (Lipinski definition) is 1. The maximum Gasteiger partial charge on any atom is 0.268 e. The number of nitrogens with zero attached hydrogens (tertiary/aromatic N) is 2. The summed E-state index contributed by atoms with van der Waals surface area (Å²) in [7, 11) is -0.319. The van der Waals surface area contributed by atoms with Crippen LogP contribution in [0.2, 0.25) is 11.8 Å². The molecule has 0 aliphatic rings. The van der Waals surface area contributed by atoms with Gasteiger partial charge in [0.25, 0.3) is 10.0 Å². The van der Waals surface area contributed by atoms with Gasteiger partial charge in [0.1, 0.15) is 22.6 Å². The molecule has 0 aliphatic heterocycles. The van der Waals surface area contributed by atoms with E-state index >= 15 is 0 Å². The highest BCUT2D eigenvalue weighted by Crippen LogP contribution is 2.26. The van der Waals surface area contributed by atoms with Crippen LogP contribution >= 0.6 is 11.6 Å². The van der Waals surface area contributed by atoms with Crippen LogP contribution in [0.3, 0.4) is 0 Å². The summed E-state index contributed by atoms with van der Waals surface area (Å²) in [6.45, 7) is 3.36. The summed E-state index contributed by atoms with van der Waals surface area (Å²) in [5.74, 6) is 0.336. The van der Waals surface area contributed by atoms with E-state index in [1.807, 2.05) is 0 Å². The third-order valence-electron chi connectivity index (χ3n) is 2.77. The molecule has 105 valence electrons. The first-order chi connectivity index (χ1) is 9.36. The van der Waals surface area contributed by atoms with Gasteiger partial charge in [-0.05, 0) is 13.0 Å². The van der Waals surface area contributed by atoms with Crippen molar-refractivity contribution in [1.29, 1.82) is 0 Å². The zero-order chi connectivity index (χ0) is 14.9. The van der Waals surface area contributed by atoms with Gasteiger partial charge in [-0.25, -0.2) is 13.0 Å². The van der Waals surface area contributed by atoms with E-state index in [4.69, 9.17) is 16.1 Å². The van der Waals surface area contributed by atoms with Crippen molar-refractivity contribution in [3.63, 3.8) is 0 Å². The molecule has 0 aromatic carbocycles. The van der Waals surface area contributed by atoms with Gasteiger partial charge >= 0.3 is 0 Å². The second-order valence-electron chi connectivity index (χ2n) is 4.16. The summed E-state index contributed by atoms with van der Waals surface area (Å²) >= 11 is 5.91. The Hall–Kier alpha value is -1.54. The number of nitrogens with one attached hydrogen (secondary N) is 1. The molecular weight excluding hydrogens is 300 g/mol. The van der Waals surface area contributed by atoms with E-state index < -0.39 is 10.0 Å². The molecule has 2 rings (SSSR count). The maximum absolute atomic E-state index is 12.4. The average molecular weight is 314 g/mol. The molecule has 2 heterocycles. The number of hydrogen-bond acceptors (Lipinski definition) is 4. The molecule has 0 amide bonds. The summed E-state index contributed by atoms with van der Waals surface area (Å²) in [6.07, 6.45) is 1.77. The van der Waals surface area contributed by atoms with E-state index in [2.05, 4.69) is 9.88 Å². The van der Waals surface area contributed by atoms with Crippen LogP contribution in [-0.4, -0.2) is 20.9 Å². The molecule has 1 N–H and O–H groups in total. The van der Waals surface area contributed by atoms with Crippen LogP contribution in [0.1, 0.15) is 5.76 Å². The minimum absolute atomic E-state index is 0.0160. The summed E-state index contributed by atoms with van der Waals surface area (Å²) in [4.78, 5) is 0.140. The first-order valence-electron chi connectivity index (χ1n) is 5.79. The minimum atomic E-state index is -3.80. The Morgan fingerprint density at radius 1 is 1.50 bits per heavy atom. The van der Waals surface area contributed by atoms with Crippen LogP contribution in [-0.2, 0) is 17.1 Å². The second kappa shape index (κ2) is 5.45. The van der Waals surface area contributed by atoms with Crippen molar-refractivity contribution >= 4 is 40.3 Å². The molecule has 0 saturated heterocycles. The fourth-order valence-electron chi connectivity index (χ4n) is 1.78. The van der Waals surface area contributed by atoms with Crippen LogP contribution in [0.15, 0.2) is 27.7 Å². The van der Waals surface area contributed by atoms with Crippen molar-refractivity contribution in [2.75, 3.05) is 4.72 Å². The molecule has 0 saturated carbocycles. The van der Waals surface area contributed by atoms with Crippen molar-refractivity contribution < 1.29 is 17.5 Å². The van der Waals surface area contributed by atoms with Crippen LogP contribution in [0.25, 0.3) is 0 Å². The van der Waals surface area contributed by atoms with Gasteiger partial charge in [0, 0.05) is 6.07 Å². The number of sulfonamides is 1. The Bertz CT molecular complexity index is 745. The van der Waals surface area contributed by atoms with Crippen LogP contribution < -0.4 is 14.9 Å². The lowest BCUT2D eigenvalue weighted by atomic mass is 9.77. The molecule has 20 heavy (non-hydrogen) atoms. The predicted octanol–water partition coefficient (Wildman–Crippen LogP) is 0.639. The van der Waals surface area contributed by atoms with E-state index in [1.165, 1.54) is 6.07 Å². The maximum atomic E-state index is 12.4. The molecule has 2 aromatic heterocycles. The molecule has 2 aromatic rings. The standard InChI is InChI=1S/C11H13BClN3O3S/c1-7-9(13)11(14-19-7)15-20(17,18)8-5-4-6-16(3)10(8)12-2/h4-6H,1-3H3,(H,14,15)/q+1. The van der Waals surface area contributed by atoms with Gasteiger partial charge in [-0.2, -0.15) is 0 Å². The summed E-state index contributed by atoms with van der Waals surface area (Å²) in [5, 5.41) is 3.74. The fourth-order valence-corrected chi connectivity index (χ4v) is 3.25. The van der Waals surface area contributed by atoms with Gasteiger partial charge in [-0.15, -0.1) is 0 Å². The van der Waals surface area contributed by atoms with Crippen molar-refractivity contribution in [3.05, 3.63) is 29.1 Å². The number of rotatable bonds is 4. The SMILES string of the molecule is C[B]c1c(S(=O)(=O)Nc2noc(C)c2Cl)ccc[n+]1C. The van der Waals surface area contributed by atoms with Gasteiger partial charge < -0.3 is 4.52 Å². The van der Waals surface area contributed by atoms with Gasteiger partial charge in [0.2, 0.25) is 13.1 Å². The normalized spacial score (nSPS) is 11.4. The largest absolute Gasteiger partial charge is 0.358 e. The number of halogens is 1.